The summed E-state index contributed by atoms with van der Waals surface area (Å²) >= 11 is -1.00. The van der Waals surface area contributed by atoms with E-state index < -0.39 is 13.3 Å². The van der Waals surface area contributed by atoms with Crippen molar-refractivity contribution in [2.75, 3.05) is 0 Å². The fourth-order valence-electron chi connectivity index (χ4n) is 0. The van der Waals surface area contributed by atoms with Gasteiger partial charge in [-0.25, -0.2) is 0 Å². The van der Waals surface area contributed by atoms with E-state index in [1.54, 1.807) is 0 Å². The molecule has 0 unspecified atom stereocenters. The molecule has 0 spiro atoms. The average Bonchev–Trinajstić information content (AvgIpc) is 0.722. The van der Waals surface area contributed by atoms with Crippen molar-refractivity contribution in [3.8, 4) is 0 Å². The maximum absolute atomic E-state index is 2.38. The molecule has 0 bridgehead atoms. The molecule has 0 rings (SSSR count). The van der Waals surface area contributed by atoms with Gasteiger partial charge in [-0.2, -0.15) is 0 Å². The van der Waals surface area contributed by atoms with Gasteiger partial charge in [-0.05, 0) is 0 Å². The Hall–Kier alpha value is 2.17. The Balaban J connectivity index is -0.0000000267. The summed E-state index contributed by atoms with van der Waals surface area (Å²) in [5, 5.41) is 0. The second-order valence-electron chi connectivity index (χ2n) is 3.00. The Morgan fingerprint density at radius 3 is 0.750 bits per heavy atom. The molecule has 2 radical (unpaired) electrons. The maximum atomic E-state index is 2.38. The molecule has 0 fully saturated rings. The van der Waals surface area contributed by atoms with Crippen molar-refractivity contribution in [1.29, 1.82) is 0 Å². The van der Waals surface area contributed by atoms with Crippen molar-refractivity contribution >= 4 is 66.1 Å². The zero-order valence-corrected chi connectivity index (χ0v) is 17.0. The first-order valence-corrected chi connectivity index (χ1v) is 10.4. The van der Waals surface area contributed by atoms with Crippen LogP contribution in [0.5, 0.6) is 0 Å². The SMILES string of the molecule is [CH3][Ge]([CH3])([CH3])[CH3].[GeH3].[GeH3].[GeH4]. The fourth-order valence-corrected chi connectivity index (χ4v) is 0. The van der Waals surface area contributed by atoms with E-state index in [1.807, 2.05) is 0 Å². The van der Waals surface area contributed by atoms with Crippen LogP contribution in [0.3, 0.4) is 0 Å². The van der Waals surface area contributed by atoms with Gasteiger partial charge in [-0.1, -0.05) is 0 Å². The Morgan fingerprint density at radius 2 is 0.750 bits per heavy atom. The van der Waals surface area contributed by atoms with Crippen LogP contribution in [0, 0.1) is 0 Å². The standard InChI is InChI=1S/C4H12Ge.GeH4.2GeH3/c1-5(2,3)4;;;/h1-4H3;1H4;2*1H3. The van der Waals surface area contributed by atoms with Crippen LogP contribution in [0.15, 0.2) is 0 Å². The van der Waals surface area contributed by atoms with Crippen LogP contribution in [-0.2, 0) is 0 Å². The van der Waals surface area contributed by atoms with Gasteiger partial charge in [0.05, 0.1) is 0 Å². The molecule has 0 saturated carbocycles. The number of hydrogen-bond acceptors (Lipinski definition) is 0. The molecule has 0 atom stereocenters. The first kappa shape index (κ1) is 22.5. The molecule has 0 N–H and O–H groups in total. The van der Waals surface area contributed by atoms with Gasteiger partial charge < -0.3 is 0 Å². The molecule has 0 aliphatic carbocycles. The average molecular weight is 361 g/mol. The molecular formula is C4H22Ge4. The van der Waals surface area contributed by atoms with Crippen LogP contribution in [-0.4, -0.2) is 66.1 Å². The van der Waals surface area contributed by atoms with Gasteiger partial charge in [0.25, 0.3) is 0 Å². The molecule has 0 aromatic rings. The van der Waals surface area contributed by atoms with E-state index in [-0.39, 0.29) is 52.8 Å². The second kappa shape index (κ2) is 9.17. The molecule has 8 heavy (non-hydrogen) atoms. The van der Waals surface area contributed by atoms with Crippen molar-refractivity contribution in [3.05, 3.63) is 0 Å². The molecule has 0 nitrogen and oxygen atoms in total. The Bertz CT molecular complexity index is 23.5. The van der Waals surface area contributed by atoms with E-state index in [9.17, 15) is 0 Å². The van der Waals surface area contributed by atoms with Crippen molar-refractivity contribution in [1.82, 2.24) is 0 Å². The topological polar surface area (TPSA) is 0 Å². The molecule has 0 aromatic carbocycles. The predicted molar refractivity (Wildman–Crippen MR) is 60.4 cm³/mol. The Labute approximate surface area is 88.2 Å². The van der Waals surface area contributed by atoms with Crippen molar-refractivity contribution in [3.63, 3.8) is 0 Å². The van der Waals surface area contributed by atoms with Gasteiger partial charge in [0.2, 0.25) is 0 Å². The van der Waals surface area contributed by atoms with Crippen molar-refractivity contribution in [2.24, 2.45) is 0 Å². The van der Waals surface area contributed by atoms with Gasteiger partial charge in [-0.3, -0.25) is 0 Å². The first-order valence-electron chi connectivity index (χ1n) is 2.00. The molecule has 4 heteroatoms. The van der Waals surface area contributed by atoms with E-state index in [2.05, 4.69) is 23.0 Å². The van der Waals surface area contributed by atoms with Crippen LogP contribution in [0.25, 0.3) is 0 Å². The van der Waals surface area contributed by atoms with E-state index >= 15 is 0 Å². The predicted octanol–water partition coefficient (Wildman–Crippen LogP) is -1.87. The molecule has 0 heterocycles. The summed E-state index contributed by atoms with van der Waals surface area (Å²) in [5.74, 6) is 9.50. The van der Waals surface area contributed by atoms with Crippen LogP contribution in [0.4, 0.5) is 0 Å². The summed E-state index contributed by atoms with van der Waals surface area (Å²) in [6, 6.07) is 0. The van der Waals surface area contributed by atoms with Gasteiger partial charge in [0.15, 0.2) is 0 Å². The molecule has 0 amide bonds. The molecule has 0 aromatic heterocycles. The molecular weight excluding hydrogens is 338 g/mol. The second-order valence-corrected chi connectivity index (χ2v) is 15.6. The summed E-state index contributed by atoms with van der Waals surface area (Å²) in [7, 11) is 0. The summed E-state index contributed by atoms with van der Waals surface area (Å²) in [6.45, 7) is 0. The molecule has 54 valence electrons. The number of rotatable bonds is 0. The summed E-state index contributed by atoms with van der Waals surface area (Å²) in [4.78, 5) is 0. The third-order valence-electron chi connectivity index (χ3n) is 0. The van der Waals surface area contributed by atoms with Crippen molar-refractivity contribution in [2.45, 2.75) is 23.0 Å². The van der Waals surface area contributed by atoms with Crippen LogP contribution in [0.2, 0.25) is 23.0 Å². The summed E-state index contributed by atoms with van der Waals surface area (Å²) < 4.78 is 0. The fraction of sp³-hybridized carbons (Fsp3) is 1.00. The zero-order chi connectivity index (χ0) is 4.50. The summed E-state index contributed by atoms with van der Waals surface area (Å²) in [6.07, 6.45) is 0. The van der Waals surface area contributed by atoms with E-state index in [0.29, 0.717) is 0 Å². The van der Waals surface area contributed by atoms with Crippen molar-refractivity contribution < 1.29 is 0 Å². The van der Waals surface area contributed by atoms with Crippen LogP contribution >= 0.6 is 0 Å². The summed E-state index contributed by atoms with van der Waals surface area (Å²) in [5.41, 5.74) is 0. The first-order chi connectivity index (χ1) is 2.00. The van der Waals surface area contributed by atoms with Gasteiger partial charge >= 0.3 is 89.1 Å². The van der Waals surface area contributed by atoms with Gasteiger partial charge in [0.1, 0.15) is 0 Å². The third kappa shape index (κ3) is 89.1. The van der Waals surface area contributed by atoms with Gasteiger partial charge in [0, 0.05) is 0 Å². The monoisotopic (exact) mass is 366 g/mol. The number of hydrogen-bond donors (Lipinski definition) is 0. The van der Waals surface area contributed by atoms with Crippen LogP contribution in [0.1, 0.15) is 0 Å². The minimum atomic E-state index is -1.00. The van der Waals surface area contributed by atoms with E-state index in [0.717, 1.165) is 0 Å². The van der Waals surface area contributed by atoms with Gasteiger partial charge in [-0.15, -0.1) is 0 Å². The minimum absolute atomic E-state index is 0. The third-order valence-corrected chi connectivity index (χ3v) is 0. The molecule has 0 aliphatic rings. The van der Waals surface area contributed by atoms with E-state index in [4.69, 9.17) is 0 Å². The molecule has 0 aliphatic heterocycles. The van der Waals surface area contributed by atoms with E-state index in [1.165, 1.54) is 0 Å². The Morgan fingerprint density at radius 1 is 0.750 bits per heavy atom. The zero-order valence-electron chi connectivity index (χ0n) is 6.50. The van der Waals surface area contributed by atoms with Crippen LogP contribution < -0.4 is 0 Å². The Kier molecular flexibility index (Phi) is 25.8. The quantitative estimate of drug-likeness (QED) is 0.444. The molecule has 0 saturated heterocycles. The normalized spacial score (nSPS) is 7.50.